The zero-order valence-corrected chi connectivity index (χ0v) is 20.1. The second kappa shape index (κ2) is 8.62. The molecule has 5 rings (SSSR count). The molecule has 174 valence electrons. The van der Waals surface area contributed by atoms with Crippen molar-refractivity contribution in [1.82, 2.24) is 19.5 Å². The van der Waals surface area contributed by atoms with Gasteiger partial charge in [0.1, 0.15) is 10.8 Å². The minimum Gasteiger partial charge on any atom is -0.339 e. The Hall–Kier alpha value is -3.63. The van der Waals surface area contributed by atoms with Crippen LogP contribution in [0.2, 0.25) is 5.02 Å². The molecule has 0 fully saturated rings. The molecule has 0 saturated heterocycles. The van der Waals surface area contributed by atoms with E-state index < -0.39 is 10.0 Å². The maximum atomic E-state index is 13.0. The second-order valence-electron chi connectivity index (χ2n) is 8.06. The Morgan fingerprint density at radius 1 is 1.06 bits per heavy atom. The molecular formula is C23H22ClN7O2S. The first-order valence-corrected chi connectivity index (χ1v) is 12.4. The van der Waals surface area contributed by atoms with Gasteiger partial charge in [-0.2, -0.15) is 13.4 Å². The highest BCUT2D eigenvalue weighted by Crippen LogP contribution is 2.30. The summed E-state index contributed by atoms with van der Waals surface area (Å²) in [6, 6.07) is 13.3. The van der Waals surface area contributed by atoms with E-state index in [1.165, 1.54) is 12.4 Å². The van der Waals surface area contributed by atoms with Gasteiger partial charge in [0, 0.05) is 24.6 Å². The van der Waals surface area contributed by atoms with Crippen molar-refractivity contribution in [1.29, 1.82) is 0 Å². The topological polar surface area (TPSA) is 114 Å². The zero-order chi connectivity index (χ0) is 23.9. The third kappa shape index (κ3) is 4.55. The molecular weight excluding hydrogens is 474 g/mol. The molecule has 1 aliphatic rings. The Kier molecular flexibility index (Phi) is 5.62. The smallest absolute Gasteiger partial charge is 0.280 e. The van der Waals surface area contributed by atoms with Crippen molar-refractivity contribution in [2.24, 2.45) is 7.05 Å². The number of hydrogen-bond acceptors (Lipinski definition) is 7. The lowest BCUT2D eigenvalue weighted by molar-refractivity contribution is 0.598. The lowest BCUT2D eigenvalue weighted by atomic mass is 10.0. The predicted molar refractivity (Wildman–Crippen MR) is 133 cm³/mol. The van der Waals surface area contributed by atoms with Crippen molar-refractivity contribution in [2.75, 3.05) is 15.4 Å². The van der Waals surface area contributed by atoms with Crippen LogP contribution < -0.4 is 15.4 Å². The van der Waals surface area contributed by atoms with Crippen LogP contribution in [0.25, 0.3) is 0 Å². The summed E-state index contributed by atoms with van der Waals surface area (Å²) in [5.74, 6) is 1.47. The fourth-order valence-electron chi connectivity index (χ4n) is 3.70. The maximum Gasteiger partial charge on any atom is 0.280 e. The summed E-state index contributed by atoms with van der Waals surface area (Å²) >= 11 is 6.32. The molecule has 3 heterocycles. The zero-order valence-electron chi connectivity index (χ0n) is 18.5. The molecule has 3 N–H and O–H groups in total. The van der Waals surface area contributed by atoms with E-state index in [2.05, 4.69) is 30.3 Å². The number of nitrogens with one attached hydrogen (secondary N) is 3. The standard InChI is InChI=1S/C23H22ClN7O2S/c1-14-26-21(13-31(14)2)34(32,33)30-20-9-8-18-11-16(20)7-6-15-4-3-5-17(10-15)28-23-25-12-19(24)22(27-18)29-23/h3-5,8-13,30H,6-7H2,1-2H3,(H2,25,27,28,29). The number of fused-ring (bicyclic) bond motifs is 6. The van der Waals surface area contributed by atoms with E-state index >= 15 is 0 Å². The molecule has 2 aromatic heterocycles. The van der Waals surface area contributed by atoms with E-state index in [0.29, 0.717) is 41.1 Å². The number of halogens is 1. The lowest BCUT2D eigenvalue weighted by Crippen LogP contribution is -2.15. The number of imidazole rings is 1. The molecule has 2 aromatic carbocycles. The molecule has 6 bridgehead atoms. The van der Waals surface area contributed by atoms with Gasteiger partial charge >= 0.3 is 0 Å². The van der Waals surface area contributed by atoms with Crippen molar-refractivity contribution in [3.05, 3.63) is 76.8 Å². The minimum atomic E-state index is -3.85. The minimum absolute atomic E-state index is 0.0226. The van der Waals surface area contributed by atoms with Crippen LogP contribution in [0.4, 0.5) is 28.8 Å². The van der Waals surface area contributed by atoms with Gasteiger partial charge in [0.15, 0.2) is 10.8 Å². The van der Waals surface area contributed by atoms with E-state index in [1.807, 2.05) is 30.3 Å². The Balaban J connectivity index is 1.55. The molecule has 4 aromatic rings. The largest absolute Gasteiger partial charge is 0.339 e. The molecule has 0 radical (unpaired) electrons. The molecule has 0 aliphatic carbocycles. The predicted octanol–water partition coefficient (Wildman–Crippen LogP) is 4.56. The first-order valence-electron chi connectivity index (χ1n) is 10.6. The molecule has 0 atom stereocenters. The van der Waals surface area contributed by atoms with E-state index in [0.717, 1.165) is 22.5 Å². The number of anilines is 5. The van der Waals surface area contributed by atoms with E-state index in [1.54, 1.807) is 30.7 Å². The van der Waals surface area contributed by atoms with Crippen LogP contribution in [0.5, 0.6) is 0 Å². The number of benzene rings is 2. The number of rotatable bonds is 3. The van der Waals surface area contributed by atoms with Crippen molar-refractivity contribution in [3.8, 4) is 0 Å². The van der Waals surface area contributed by atoms with Crippen LogP contribution in [0.3, 0.4) is 0 Å². The Morgan fingerprint density at radius 3 is 2.68 bits per heavy atom. The summed E-state index contributed by atoms with van der Waals surface area (Å²) in [4.78, 5) is 12.9. The van der Waals surface area contributed by atoms with Crippen LogP contribution in [0.15, 0.2) is 59.9 Å². The molecule has 0 amide bonds. The summed E-state index contributed by atoms with van der Waals surface area (Å²) in [6.07, 6.45) is 4.33. The van der Waals surface area contributed by atoms with Crippen LogP contribution in [0.1, 0.15) is 17.0 Å². The van der Waals surface area contributed by atoms with Gasteiger partial charge in [-0.1, -0.05) is 23.7 Å². The van der Waals surface area contributed by atoms with Crippen molar-refractivity contribution in [2.45, 2.75) is 24.8 Å². The first kappa shape index (κ1) is 22.2. The van der Waals surface area contributed by atoms with Gasteiger partial charge in [-0.3, -0.25) is 4.72 Å². The first-order chi connectivity index (χ1) is 16.3. The second-order valence-corrected chi connectivity index (χ2v) is 10.1. The monoisotopic (exact) mass is 495 g/mol. The average molecular weight is 496 g/mol. The maximum absolute atomic E-state index is 13.0. The van der Waals surface area contributed by atoms with Gasteiger partial charge in [0.05, 0.1) is 11.9 Å². The SMILES string of the molecule is Cc1nc(S(=O)(=O)Nc2ccc3cc2CCc2cccc(c2)Nc2ncc(Cl)c(n2)N3)cn1C. The van der Waals surface area contributed by atoms with E-state index in [4.69, 9.17) is 11.6 Å². The molecule has 34 heavy (non-hydrogen) atoms. The summed E-state index contributed by atoms with van der Waals surface area (Å²) < 4.78 is 30.4. The molecule has 1 aliphatic heterocycles. The lowest BCUT2D eigenvalue weighted by Gasteiger charge is -2.15. The van der Waals surface area contributed by atoms with Gasteiger partial charge in [-0.25, -0.2) is 9.97 Å². The Labute approximate surface area is 202 Å². The fraction of sp³-hybridized carbons (Fsp3) is 0.174. The Morgan fingerprint density at radius 2 is 1.88 bits per heavy atom. The van der Waals surface area contributed by atoms with Gasteiger partial charge < -0.3 is 15.2 Å². The molecule has 11 heteroatoms. The van der Waals surface area contributed by atoms with Crippen molar-refractivity contribution >= 4 is 50.5 Å². The quantitative estimate of drug-likeness (QED) is 0.381. The molecule has 9 nitrogen and oxygen atoms in total. The van der Waals surface area contributed by atoms with E-state index in [-0.39, 0.29) is 5.03 Å². The average Bonchev–Trinajstić information content (AvgIpc) is 3.15. The third-order valence-electron chi connectivity index (χ3n) is 5.58. The van der Waals surface area contributed by atoms with Crippen LogP contribution in [-0.2, 0) is 29.9 Å². The van der Waals surface area contributed by atoms with Crippen molar-refractivity contribution in [3.63, 3.8) is 0 Å². The Bertz CT molecular complexity index is 1480. The van der Waals surface area contributed by atoms with E-state index in [9.17, 15) is 8.42 Å². The molecule has 0 unspecified atom stereocenters. The third-order valence-corrected chi connectivity index (χ3v) is 7.10. The van der Waals surface area contributed by atoms with Gasteiger partial charge in [0.2, 0.25) is 5.95 Å². The van der Waals surface area contributed by atoms with Crippen molar-refractivity contribution < 1.29 is 8.42 Å². The van der Waals surface area contributed by atoms with Crippen LogP contribution in [-0.4, -0.2) is 27.9 Å². The highest BCUT2D eigenvalue weighted by atomic mass is 35.5. The number of sulfonamides is 1. The number of nitrogens with zero attached hydrogens (tertiary/aromatic N) is 4. The number of aromatic nitrogens is 4. The van der Waals surface area contributed by atoms with Crippen LogP contribution >= 0.6 is 11.6 Å². The highest BCUT2D eigenvalue weighted by Gasteiger charge is 2.20. The normalized spacial score (nSPS) is 13.0. The molecule has 0 saturated carbocycles. The summed E-state index contributed by atoms with van der Waals surface area (Å²) in [7, 11) is -2.09. The number of aryl methyl sites for hydroxylation is 4. The van der Waals surface area contributed by atoms with Gasteiger partial charge in [-0.15, -0.1) is 0 Å². The summed E-state index contributed by atoms with van der Waals surface area (Å²) in [5, 5.41) is 6.76. The summed E-state index contributed by atoms with van der Waals surface area (Å²) in [6.45, 7) is 1.75. The summed E-state index contributed by atoms with van der Waals surface area (Å²) in [5.41, 5.74) is 3.98. The van der Waals surface area contributed by atoms with Gasteiger partial charge in [0.25, 0.3) is 10.0 Å². The van der Waals surface area contributed by atoms with Crippen LogP contribution in [0, 0.1) is 6.92 Å². The highest BCUT2D eigenvalue weighted by molar-refractivity contribution is 7.92. The van der Waals surface area contributed by atoms with Gasteiger partial charge in [-0.05, 0) is 61.2 Å². The fourth-order valence-corrected chi connectivity index (χ4v) is 4.98. The number of hydrogen-bond donors (Lipinski definition) is 3. The molecule has 0 spiro atoms.